The molecule has 1 heterocycles. The zero-order valence-electron chi connectivity index (χ0n) is 14.6. The van der Waals surface area contributed by atoms with Crippen molar-refractivity contribution in [3.63, 3.8) is 0 Å². The van der Waals surface area contributed by atoms with Gasteiger partial charge >= 0.3 is 0 Å². The van der Waals surface area contributed by atoms with Crippen molar-refractivity contribution in [2.75, 3.05) is 13.7 Å². The van der Waals surface area contributed by atoms with Gasteiger partial charge in [0, 0.05) is 30.3 Å². The number of nitriles is 1. The van der Waals surface area contributed by atoms with Crippen LogP contribution in [0.5, 0.6) is 5.75 Å². The molecule has 3 aliphatic rings. The highest BCUT2D eigenvalue weighted by atomic mass is 16.5. The van der Waals surface area contributed by atoms with Gasteiger partial charge in [0.05, 0.1) is 7.11 Å². The van der Waals surface area contributed by atoms with Crippen molar-refractivity contribution in [3.8, 4) is 11.9 Å². The summed E-state index contributed by atoms with van der Waals surface area (Å²) in [6.07, 6.45) is 4.80. The third kappa shape index (κ3) is 1.87. The van der Waals surface area contributed by atoms with Crippen LogP contribution in [0.4, 0.5) is 0 Å². The Morgan fingerprint density at radius 1 is 1.38 bits per heavy atom. The van der Waals surface area contributed by atoms with Gasteiger partial charge in [0.15, 0.2) is 6.19 Å². The summed E-state index contributed by atoms with van der Waals surface area (Å²) >= 11 is 0. The van der Waals surface area contributed by atoms with E-state index < -0.39 is 0 Å². The number of methoxy groups -OCH3 is 1. The standard InChI is InChI=1S/C20H24N2O2/c1-12-13(2)19-17-8-14-4-5-15(24-3)9-16(14)20(19,10-18(12)23)6-7-22(17)11-21/h4-5,9,12-13,17,19H,6-8,10H2,1-3H3/t12?,13?,17-,19+,20-/m1/s1. The number of hydrogen-bond donors (Lipinski definition) is 0. The van der Waals surface area contributed by atoms with Crippen molar-refractivity contribution in [2.24, 2.45) is 17.8 Å². The van der Waals surface area contributed by atoms with Crippen LogP contribution in [-0.2, 0) is 16.6 Å². The van der Waals surface area contributed by atoms with Gasteiger partial charge in [-0.1, -0.05) is 19.9 Å². The van der Waals surface area contributed by atoms with Crippen molar-refractivity contribution in [2.45, 2.75) is 44.6 Å². The molecular formula is C20H24N2O2. The van der Waals surface area contributed by atoms with Gasteiger partial charge in [-0.05, 0) is 47.9 Å². The quantitative estimate of drug-likeness (QED) is 0.745. The molecule has 2 bridgehead atoms. The van der Waals surface area contributed by atoms with Gasteiger partial charge in [-0.25, -0.2) is 0 Å². The highest BCUT2D eigenvalue weighted by molar-refractivity contribution is 5.84. The maximum Gasteiger partial charge on any atom is 0.179 e. The van der Waals surface area contributed by atoms with Crippen LogP contribution < -0.4 is 4.74 Å². The smallest absolute Gasteiger partial charge is 0.179 e. The predicted molar refractivity (Wildman–Crippen MR) is 90.5 cm³/mol. The molecule has 1 aromatic carbocycles. The van der Waals surface area contributed by atoms with E-state index in [2.05, 4.69) is 32.2 Å². The number of piperidine rings is 1. The van der Waals surface area contributed by atoms with Crippen molar-refractivity contribution in [3.05, 3.63) is 29.3 Å². The summed E-state index contributed by atoms with van der Waals surface area (Å²) in [7, 11) is 1.69. The van der Waals surface area contributed by atoms with Gasteiger partial charge in [-0.15, -0.1) is 0 Å². The number of benzene rings is 1. The largest absolute Gasteiger partial charge is 0.497 e. The highest BCUT2D eigenvalue weighted by Gasteiger charge is 2.59. The zero-order chi connectivity index (χ0) is 17.1. The average Bonchev–Trinajstić information content (AvgIpc) is 2.59. The SMILES string of the molecule is COc1ccc2c(c1)[C@]13CCN(C#N)[C@H](C2)[C@@H]1C(C)C(C)C(=O)C3. The topological polar surface area (TPSA) is 53.3 Å². The summed E-state index contributed by atoms with van der Waals surface area (Å²) in [4.78, 5) is 14.7. The molecular weight excluding hydrogens is 300 g/mol. The first-order valence-electron chi connectivity index (χ1n) is 8.88. The number of ketones is 1. The molecule has 1 aliphatic heterocycles. The molecule has 0 spiro atoms. The first kappa shape index (κ1) is 15.5. The highest BCUT2D eigenvalue weighted by Crippen LogP contribution is 2.58. The van der Waals surface area contributed by atoms with Crippen LogP contribution in [0.3, 0.4) is 0 Å². The van der Waals surface area contributed by atoms with E-state index in [0.717, 1.165) is 25.1 Å². The maximum absolute atomic E-state index is 12.8. The van der Waals surface area contributed by atoms with Gasteiger partial charge in [-0.3, -0.25) is 4.79 Å². The zero-order valence-corrected chi connectivity index (χ0v) is 14.6. The minimum absolute atomic E-state index is 0.0800. The molecule has 0 amide bonds. The van der Waals surface area contributed by atoms with Crippen LogP contribution in [0.15, 0.2) is 18.2 Å². The second kappa shape index (κ2) is 5.24. The normalized spacial score (nSPS) is 37.2. The van der Waals surface area contributed by atoms with Gasteiger partial charge in [0.2, 0.25) is 0 Å². The van der Waals surface area contributed by atoms with Crippen LogP contribution in [0.2, 0.25) is 0 Å². The van der Waals surface area contributed by atoms with Crippen molar-refractivity contribution >= 4 is 5.78 Å². The Balaban J connectivity index is 1.93. The van der Waals surface area contributed by atoms with E-state index in [1.54, 1.807) is 7.11 Å². The van der Waals surface area contributed by atoms with E-state index in [9.17, 15) is 10.1 Å². The number of Topliss-reactive ketones (excluding diaryl/α,β-unsaturated/α-hetero) is 1. The summed E-state index contributed by atoms with van der Waals surface area (Å²) in [6.45, 7) is 5.02. The fourth-order valence-electron chi connectivity index (χ4n) is 5.67. The van der Waals surface area contributed by atoms with E-state index in [1.807, 2.05) is 11.0 Å². The number of rotatable bonds is 1. The molecule has 2 fully saturated rings. The first-order chi connectivity index (χ1) is 11.5. The average molecular weight is 324 g/mol. The molecule has 1 aromatic rings. The number of carbonyl (C=O) groups is 1. The molecule has 126 valence electrons. The Morgan fingerprint density at radius 3 is 2.88 bits per heavy atom. The van der Waals surface area contributed by atoms with Gasteiger partial charge in [0.1, 0.15) is 11.5 Å². The molecule has 5 atom stereocenters. The summed E-state index contributed by atoms with van der Waals surface area (Å²) in [5.74, 6) is 1.97. The van der Waals surface area contributed by atoms with E-state index in [1.165, 1.54) is 11.1 Å². The summed E-state index contributed by atoms with van der Waals surface area (Å²) < 4.78 is 5.46. The van der Waals surface area contributed by atoms with Crippen LogP contribution in [0.1, 0.15) is 37.8 Å². The number of carbonyl (C=O) groups excluding carboxylic acids is 1. The molecule has 2 aliphatic carbocycles. The Labute approximate surface area is 143 Å². The Morgan fingerprint density at radius 2 is 2.17 bits per heavy atom. The monoisotopic (exact) mass is 324 g/mol. The van der Waals surface area contributed by atoms with Crippen LogP contribution in [0, 0.1) is 29.2 Å². The summed E-state index contributed by atoms with van der Waals surface area (Å²) in [5.41, 5.74) is 2.46. The minimum Gasteiger partial charge on any atom is -0.497 e. The second-order valence-electron chi connectivity index (χ2n) is 7.81. The molecule has 1 saturated heterocycles. The molecule has 2 unspecified atom stereocenters. The lowest BCUT2D eigenvalue weighted by Crippen LogP contribution is -2.64. The van der Waals surface area contributed by atoms with Crippen LogP contribution in [0.25, 0.3) is 0 Å². The van der Waals surface area contributed by atoms with Crippen LogP contribution >= 0.6 is 0 Å². The number of fused-ring (bicyclic) bond motifs is 1. The maximum atomic E-state index is 12.8. The van der Waals surface area contributed by atoms with E-state index in [0.29, 0.717) is 24.0 Å². The molecule has 0 aromatic heterocycles. The lowest BCUT2D eigenvalue weighted by atomic mass is 9.48. The fraction of sp³-hybridized carbons (Fsp3) is 0.600. The lowest BCUT2D eigenvalue weighted by molar-refractivity contribution is -0.136. The Kier molecular flexibility index (Phi) is 3.38. The van der Waals surface area contributed by atoms with Gasteiger partial charge < -0.3 is 9.64 Å². The molecule has 0 N–H and O–H groups in total. The number of likely N-dealkylation sites (tertiary alicyclic amines) is 1. The predicted octanol–water partition coefficient (Wildman–Crippen LogP) is 2.91. The third-order valence-corrected chi connectivity index (χ3v) is 7.02. The van der Waals surface area contributed by atoms with E-state index in [-0.39, 0.29) is 17.4 Å². The summed E-state index contributed by atoms with van der Waals surface area (Å²) in [6, 6.07) is 6.50. The molecule has 4 heteroatoms. The van der Waals surface area contributed by atoms with E-state index in [4.69, 9.17) is 4.74 Å². The van der Waals surface area contributed by atoms with Gasteiger partial charge in [-0.2, -0.15) is 5.26 Å². The fourth-order valence-corrected chi connectivity index (χ4v) is 5.67. The van der Waals surface area contributed by atoms with Crippen molar-refractivity contribution in [1.29, 1.82) is 5.26 Å². The summed E-state index contributed by atoms with van der Waals surface area (Å²) in [5, 5.41) is 9.61. The van der Waals surface area contributed by atoms with Crippen LogP contribution in [-0.4, -0.2) is 30.4 Å². The molecule has 1 saturated carbocycles. The second-order valence-corrected chi connectivity index (χ2v) is 7.81. The Bertz CT molecular complexity index is 738. The van der Waals surface area contributed by atoms with E-state index >= 15 is 0 Å². The van der Waals surface area contributed by atoms with Gasteiger partial charge in [0.25, 0.3) is 0 Å². The molecule has 24 heavy (non-hydrogen) atoms. The third-order valence-electron chi connectivity index (χ3n) is 7.02. The van der Waals surface area contributed by atoms with Crippen molar-refractivity contribution in [1.82, 2.24) is 4.90 Å². The molecule has 4 nitrogen and oxygen atoms in total. The number of ether oxygens (including phenoxy) is 1. The molecule has 4 rings (SSSR count). The number of nitrogens with zero attached hydrogens (tertiary/aromatic N) is 2. The Hall–Kier alpha value is -2.02. The first-order valence-corrected chi connectivity index (χ1v) is 8.88. The molecule has 0 radical (unpaired) electrons. The lowest BCUT2D eigenvalue weighted by Gasteiger charge is -2.60. The van der Waals surface area contributed by atoms with Crippen molar-refractivity contribution < 1.29 is 9.53 Å². The number of hydrogen-bond acceptors (Lipinski definition) is 4. The minimum atomic E-state index is -0.122.